The maximum absolute atomic E-state index is 4.93. The summed E-state index contributed by atoms with van der Waals surface area (Å²) in [6.45, 7) is 0. The average molecular weight is 614 g/mol. The second-order valence-electron chi connectivity index (χ2n) is 6.40. The van der Waals surface area contributed by atoms with Crippen molar-refractivity contribution >= 4 is 49.1 Å². The van der Waals surface area contributed by atoms with E-state index in [9.17, 15) is 0 Å². The molecule has 2 nitrogen and oxygen atoms in total. The van der Waals surface area contributed by atoms with E-state index in [1.54, 1.807) is 0 Å². The third-order valence-electron chi connectivity index (χ3n) is 5.05. The van der Waals surface area contributed by atoms with E-state index in [0.29, 0.717) is 0 Å². The smallest absolute Gasteiger partial charge is 0.0774 e. The van der Waals surface area contributed by atoms with Crippen LogP contribution in [0.25, 0.3) is 49.1 Å². The molecule has 0 aliphatic heterocycles. The molecule has 4 heteroatoms. The fourth-order valence-corrected chi connectivity index (χ4v) is 3.98. The zero-order valence-electron chi connectivity index (χ0n) is 15.3. The van der Waals surface area contributed by atoms with Gasteiger partial charge in [-0.25, -0.2) is 0 Å². The summed E-state index contributed by atoms with van der Waals surface area (Å²) in [7, 11) is 0. The topological polar surface area (TPSA) is 17.3 Å². The van der Waals surface area contributed by atoms with Gasteiger partial charge in [-0.05, 0) is 23.6 Å². The first-order chi connectivity index (χ1) is 12.4. The molecule has 0 N–H and O–H groups in total. The Morgan fingerprint density at radius 2 is 1.39 bits per heavy atom. The van der Waals surface area contributed by atoms with Crippen LogP contribution in [0.1, 0.15) is 0 Å². The van der Waals surface area contributed by atoms with Crippen LogP contribution in [0.4, 0.5) is 0 Å². The van der Waals surface area contributed by atoms with Crippen molar-refractivity contribution in [3.63, 3.8) is 0 Å². The van der Waals surface area contributed by atoms with Gasteiger partial charge in [-0.3, -0.25) is 4.98 Å². The van der Waals surface area contributed by atoms with E-state index >= 15 is 0 Å². The van der Waals surface area contributed by atoms with E-state index in [1.807, 2.05) is 6.07 Å². The molecule has 136 valence electrons. The normalized spacial score (nSPS) is 10.7. The standard InChI is InChI=1S/C23H13N2.CH3.Ir.Y/c1-2-8-16-15(7-1)13-14-18-22(16)17-9-3-5-11-20(17)25-21-12-6-4-10-19(21)24-23(18)25;;;/h1-13H;1H3;;/q2*-1;;. The van der Waals surface area contributed by atoms with Crippen LogP contribution in [-0.2, 0) is 52.8 Å². The van der Waals surface area contributed by atoms with E-state index in [2.05, 4.69) is 83.3 Å². The van der Waals surface area contributed by atoms with Crippen molar-refractivity contribution in [2.24, 2.45) is 0 Å². The fraction of sp³-hybridized carbons (Fsp3) is 0. The summed E-state index contributed by atoms with van der Waals surface area (Å²) in [5.74, 6) is 0. The van der Waals surface area contributed by atoms with E-state index in [-0.39, 0.29) is 60.2 Å². The number of pyridine rings is 1. The molecule has 6 aromatic rings. The summed E-state index contributed by atoms with van der Waals surface area (Å²) >= 11 is 0. The van der Waals surface area contributed by atoms with E-state index in [4.69, 9.17) is 4.98 Å². The van der Waals surface area contributed by atoms with Crippen molar-refractivity contribution in [3.8, 4) is 0 Å². The molecular formula is C24H16IrN2Y-2. The molecule has 0 saturated carbocycles. The Labute approximate surface area is 202 Å². The number of fused-ring (bicyclic) bond motifs is 10. The number of benzene rings is 4. The fourth-order valence-electron chi connectivity index (χ4n) is 3.98. The van der Waals surface area contributed by atoms with Gasteiger partial charge in [-0.15, -0.1) is 12.1 Å². The molecule has 0 aliphatic rings. The number of rotatable bonds is 0. The Hall–Kier alpha value is -1.64. The number of hydrogen-bond acceptors (Lipinski definition) is 1. The van der Waals surface area contributed by atoms with Crippen LogP contribution in [-0.4, -0.2) is 9.38 Å². The SMILES string of the molecule is [CH3-].[Ir].[Y].[c-]1cc2ccccc2c2c1c1nc3ccccc3n1c1ccccc21. The van der Waals surface area contributed by atoms with Crippen molar-refractivity contribution < 1.29 is 52.8 Å². The molecule has 0 atom stereocenters. The second-order valence-corrected chi connectivity index (χ2v) is 6.40. The summed E-state index contributed by atoms with van der Waals surface area (Å²) in [5, 5.41) is 6.01. The van der Waals surface area contributed by atoms with Crippen molar-refractivity contribution in [3.05, 3.63) is 92.4 Å². The minimum absolute atomic E-state index is 0. The quantitative estimate of drug-likeness (QED) is 0.148. The van der Waals surface area contributed by atoms with Crippen LogP contribution in [0.5, 0.6) is 0 Å². The van der Waals surface area contributed by atoms with Gasteiger partial charge < -0.3 is 11.8 Å². The molecule has 0 aliphatic carbocycles. The number of para-hydroxylation sites is 3. The molecule has 0 unspecified atom stereocenters. The molecule has 28 heavy (non-hydrogen) atoms. The van der Waals surface area contributed by atoms with E-state index in [1.165, 1.54) is 27.1 Å². The minimum atomic E-state index is 0. The number of imidazole rings is 1. The number of hydrogen-bond donors (Lipinski definition) is 0. The van der Waals surface area contributed by atoms with Crippen molar-refractivity contribution in [1.29, 1.82) is 0 Å². The Morgan fingerprint density at radius 3 is 2.21 bits per heavy atom. The molecule has 2 radical (unpaired) electrons. The van der Waals surface area contributed by atoms with Crippen LogP contribution in [0.15, 0.2) is 78.9 Å². The molecule has 0 fully saturated rings. The molecular weight excluding hydrogens is 597 g/mol. The summed E-state index contributed by atoms with van der Waals surface area (Å²) in [6.07, 6.45) is 0. The number of aromatic nitrogens is 2. The molecule has 0 amide bonds. The van der Waals surface area contributed by atoms with Gasteiger partial charge in [-0.1, -0.05) is 76.1 Å². The predicted octanol–water partition coefficient (Wildman–Crippen LogP) is 6.19. The zero-order valence-corrected chi connectivity index (χ0v) is 20.5. The Bertz CT molecular complexity index is 1450. The third-order valence-corrected chi connectivity index (χ3v) is 5.05. The van der Waals surface area contributed by atoms with Crippen LogP contribution in [0.3, 0.4) is 0 Å². The maximum Gasteiger partial charge on any atom is 0.0774 e. The minimum Gasteiger partial charge on any atom is -0.358 e. The van der Waals surface area contributed by atoms with Gasteiger partial charge in [-0.2, -0.15) is 0 Å². The van der Waals surface area contributed by atoms with Gasteiger partial charge >= 0.3 is 0 Å². The van der Waals surface area contributed by atoms with Crippen LogP contribution < -0.4 is 0 Å². The summed E-state index contributed by atoms with van der Waals surface area (Å²) in [5.41, 5.74) is 4.31. The van der Waals surface area contributed by atoms with Crippen LogP contribution in [0, 0.1) is 13.5 Å². The van der Waals surface area contributed by atoms with Gasteiger partial charge in [0.25, 0.3) is 0 Å². The zero-order chi connectivity index (χ0) is 16.4. The molecule has 2 aromatic heterocycles. The van der Waals surface area contributed by atoms with Crippen molar-refractivity contribution in [2.75, 3.05) is 0 Å². The molecule has 6 rings (SSSR count). The summed E-state index contributed by atoms with van der Waals surface area (Å²) in [4.78, 5) is 4.93. The summed E-state index contributed by atoms with van der Waals surface area (Å²) < 4.78 is 2.26. The van der Waals surface area contributed by atoms with Crippen LogP contribution >= 0.6 is 0 Å². The van der Waals surface area contributed by atoms with Crippen LogP contribution in [0.2, 0.25) is 0 Å². The monoisotopic (exact) mass is 614 g/mol. The molecule has 2 heterocycles. The Balaban J connectivity index is 0.000000750. The Kier molecular flexibility index (Phi) is 6.03. The second kappa shape index (κ2) is 8.01. The van der Waals surface area contributed by atoms with Gasteiger partial charge in [0.05, 0.1) is 16.7 Å². The molecule has 0 bridgehead atoms. The van der Waals surface area contributed by atoms with Crippen molar-refractivity contribution in [2.45, 2.75) is 0 Å². The first-order valence-corrected chi connectivity index (χ1v) is 8.43. The Morgan fingerprint density at radius 1 is 0.750 bits per heavy atom. The van der Waals surface area contributed by atoms with E-state index < -0.39 is 0 Å². The molecule has 0 saturated heterocycles. The molecule has 0 spiro atoms. The third kappa shape index (κ3) is 2.85. The maximum atomic E-state index is 4.93. The summed E-state index contributed by atoms with van der Waals surface area (Å²) in [6, 6.07) is 31.0. The largest absolute Gasteiger partial charge is 0.358 e. The number of nitrogens with zero attached hydrogens (tertiary/aromatic N) is 2. The van der Waals surface area contributed by atoms with Gasteiger partial charge in [0.2, 0.25) is 0 Å². The van der Waals surface area contributed by atoms with Gasteiger partial charge in [0.15, 0.2) is 0 Å². The van der Waals surface area contributed by atoms with E-state index in [0.717, 1.165) is 22.1 Å². The van der Waals surface area contributed by atoms with Gasteiger partial charge in [0, 0.05) is 58.3 Å². The van der Waals surface area contributed by atoms with Crippen molar-refractivity contribution in [1.82, 2.24) is 9.38 Å². The first kappa shape index (κ1) is 21.1. The predicted molar refractivity (Wildman–Crippen MR) is 110 cm³/mol. The average Bonchev–Trinajstić information content (AvgIpc) is 3.07. The van der Waals surface area contributed by atoms with Gasteiger partial charge in [0.1, 0.15) is 0 Å². The first-order valence-electron chi connectivity index (χ1n) is 8.43. The molecule has 4 aromatic carbocycles.